The lowest BCUT2D eigenvalue weighted by Crippen LogP contribution is -2.46. The Hall–Kier alpha value is -0.810. The Morgan fingerprint density at radius 3 is 1.96 bits per heavy atom. The molecule has 2 aliphatic carbocycles. The van der Waals surface area contributed by atoms with Crippen LogP contribution in [0, 0.1) is 28.1 Å². The van der Waals surface area contributed by atoms with Crippen molar-refractivity contribution in [1.29, 1.82) is 0 Å². The minimum atomic E-state index is -0.567. The summed E-state index contributed by atoms with van der Waals surface area (Å²) in [7, 11) is 0. The highest BCUT2D eigenvalue weighted by Gasteiger charge is 2.48. The molecule has 5 nitrogen and oxygen atoms in total. The van der Waals surface area contributed by atoms with Crippen molar-refractivity contribution in [3.05, 3.63) is 0 Å². The number of nitrogens with one attached hydrogen (secondary N) is 3. The first-order valence-electron chi connectivity index (χ1n) is 9.40. The summed E-state index contributed by atoms with van der Waals surface area (Å²) in [4.78, 5) is 25.2. The molecule has 0 radical (unpaired) electrons. The standard InChI is InChI=1S/C19H33N3O2.ClH/c1-17(2)7-13(17)10-21-15(23)9-19(5-6-20-12-19)16(24)22-11-14-8-18(14,3)4;/h13-14,20H,5-12H2,1-4H3,(H,21,23)(H,22,24);1H. The number of halogens is 1. The number of hydrogen-bond acceptors (Lipinski definition) is 3. The monoisotopic (exact) mass is 371 g/mol. The molecule has 6 heteroatoms. The van der Waals surface area contributed by atoms with Gasteiger partial charge >= 0.3 is 0 Å². The second kappa shape index (κ2) is 7.07. The fraction of sp³-hybridized carbons (Fsp3) is 0.895. The Morgan fingerprint density at radius 2 is 1.52 bits per heavy atom. The van der Waals surface area contributed by atoms with Gasteiger partial charge in [0, 0.05) is 26.1 Å². The van der Waals surface area contributed by atoms with Crippen LogP contribution in [0.25, 0.3) is 0 Å². The third kappa shape index (κ3) is 4.68. The maximum absolute atomic E-state index is 12.8. The SMILES string of the molecule is CC1(C)CC1CNC(=O)CC1(C(=O)NCC2CC2(C)C)CCNC1.Cl. The molecule has 3 unspecified atom stereocenters. The Balaban J connectivity index is 0.00000225. The minimum absolute atomic E-state index is 0. The zero-order valence-corrected chi connectivity index (χ0v) is 16.9. The van der Waals surface area contributed by atoms with Crippen LogP contribution >= 0.6 is 12.4 Å². The highest BCUT2D eigenvalue weighted by Crippen LogP contribution is 2.51. The average Bonchev–Trinajstić information content (AvgIpc) is 3.19. The van der Waals surface area contributed by atoms with E-state index >= 15 is 0 Å². The first-order chi connectivity index (χ1) is 11.1. The van der Waals surface area contributed by atoms with Crippen LogP contribution in [-0.2, 0) is 9.59 Å². The van der Waals surface area contributed by atoms with Crippen LogP contribution in [0.5, 0.6) is 0 Å². The second-order valence-electron chi connectivity index (χ2n) is 9.68. The van der Waals surface area contributed by atoms with E-state index in [0.717, 1.165) is 26.1 Å². The van der Waals surface area contributed by atoms with Crippen LogP contribution in [0.15, 0.2) is 0 Å². The summed E-state index contributed by atoms with van der Waals surface area (Å²) in [6, 6.07) is 0. The van der Waals surface area contributed by atoms with Gasteiger partial charge in [-0.1, -0.05) is 27.7 Å². The van der Waals surface area contributed by atoms with Gasteiger partial charge in [0.05, 0.1) is 5.41 Å². The predicted octanol–water partition coefficient (Wildman–Crippen LogP) is 2.10. The molecule has 3 fully saturated rings. The summed E-state index contributed by atoms with van der Waals surface area (Å²) in [6.45, 7) is 11.9. The summed E-state index contributed by atoms with van der Waals surface area (Å²) >= 11 is 0. The molecule has 2 saturated carbocycles. The number of amides is 2. The summed E-state index contributed by atoms with van der Waals surface area (Å²) in [5.74, 6) is 1.24. The molecule has 1 heterocycles. The number of carbonyl (C=O) groups excluding carboxylic acids is 2. The summed E-state index contributed by atoms with van der Waals surface area (Å²) in [5.41, 5.74) is 0.166. The van der Waals surface area contributed by atoms with Crippen molar-refractivity contribution in [1.82, 2.24) is 16.0 Å². The van der Waals surface area contributed by atoms with E-state index in [-0.39, 0.29) is 24.2 Å². The van der Waals surface area contributed by atoms with Crippen molar-refractivity contribution in [3.63, 3.8) is 0 Å². The van der Waals surface area contributed by atoms with E-state index in [1.165, 1.54) is 12.8 Å². The van der Waals surface area contributed by atoms with Gasteiger partial charge in [0.2, 0.25) is 11.8 Å². The fourth-order valence-corrected chi connectivity index (χ4v) is 4.03. The minimum Gasteiger partial charge on any atom is -0.356 e. The smallest absolute Gasteiger partial charge is 0.228 e. The van der Waals surface area contributed by atoms with Gasteiger partial charge in [-0.15, -0.1) is 12.4 Å². The maximum Gasteiger partial charge on any atom is 0.228 e. The fourth-order valence-electron chi connectivity index (χ4n) is 4.03. The molecule has 1 saturated heterocycles. The van der Waals surface area contributed by atoms with Crippen LogP contribution in [-0.4, -0.2) is 38.0 Å². The Bertz CT molecular complexity index is 527. The van der Waals surface area contributed by atoms with Crippen LogP contribution < -0.4 is 16.0 Å². The zero-order chi connectivity index (χ0) is 17.6. The number of rotatable bonds is 7. The van der Waals surface area contributed by atoms with E-state index in [4.69, 9.17) is 0 Å². The van der Waals surface area contributed by atoms with E-state index < -0.39 is 5.41 Å². The summed E-state index contributed by atoms with van der Waals surface area (Å²) in [5, 5.41) is 9.44. The molecule has 2 amide bonds. The molecule has 3 N–H and O–H groups in total. The topological polar surface area (TPSA) is 70.2 Å². The molecule has 0 aromatic carbocycles. The van der Waals surface area contributed by atoms with Crippen LogP contribution in [0.4, 0.5) is 0 Å². The molecule has 0 aromatic rings. The van der Waals surface area contributed by atoms with E-state index in [1.807, 2.05) is 0 Å². The molecule has 25 heavy (non-hydrogen) atoms. The highest BCUT2D eigenvalue weighted by atomic mass is 35.5. The average molecular weight is 372 g/mol. The van der Waals surface area contributed by atoms with Gasteiger partial charge < -0.3 is 16.0 Å². The Labute approximate surface area is 157 Å². The van der Waals surface area contributed by atoms with Gasteiger partial charge in [-0.3, -0.25) is 9.59 Å². The molecular weight excluding hydrogens is 338 g/mol. The lowest BCUT2D eigenvalue weighted by molar-refractivity contribution is -0.135. The van der Waals surface area contributed by atoms with Crippen molar-refractivity contribution < 1.29 is 9.59 Å². The van der Waals surface area contributed by atoms with Crippen molar-refractivity contribution >= 4 is 24.2 Å². The maximum atomic E-state index is 12.8. The number of hydrogen-bond donors (Lipinski definition) is 3. The first kappa shape index (κ1) is 20.5. The van der Waals surface area contributed by atoms with Gasteiger partial charge in [0.1, 0.15) is 0 Å². The Kier molecular flexibility index (Phi) is 5.80. The first-order valence-corrected chi connectivity index (χ1v) is 9.40. The molecule has 3 aliphatic rings. The molecule has 0 bridgehead atoms. The van der Waals surface area contributed by atoms with E-state index in [0.29, 0.717) is 35.6 Å². The molecule has 0 aromatic heterocycles. The van der Waals surface area contributed by atoms with E-state index in [9.17, 15) is 9.59 Å². The van der Waals surface area contributed by atoms with Crippen molar-refractivity contribution in [2.45, 2.75) is 53.4 Å². The van der Waals surface area contributed by atoms with E-state index in [2.05, 4.69) is 43.6 Å². The lowest BCUT2D eigenvalue weighted by atomic mass is 9.82. The van der Waals surface area contributed by atoms with Crippen LogP contribution in [0.2, 0.25) is 0 Å². The van der Waals surface area contributed by atoms with Crippen LogP contribution in [0.3, 0.4) is 0 Å². The lowest BCUT2D eigenvalue weighted by Gasteiger charge is -2.26. The Morgan fingerprint density at radius 1 is 1.00 bits per heavy atom. The summed E-state index contributed by atoms with van der Waals surface area (Å²) < 4.78 is 0. The summed E-state index contributed by atoms with van der Waals surface area (Å²) in [6.07, 6.45) is 3.40. The molecule has 0 spiro atoms. The normalized spacial score (nSPS) is 33.9. The highest BCUT2D eigenvalue weighted by molar-refractivity contribution is 5.89. The van der Waals surface area contributed by atoms with Crippen LogP contribution in [0.1, 0.15) is 53.4 Å². The van der Waals surface area contributed by atoms with Gasteiger partial charge in [0.25, 0.3) is 0 Å². The largest absolute Gasteiger partial charge is 0.356 e. The third-order valence-corrected chi connectivity index (χ3v) is 6.71. The molecule has 3 atom stereocenters. The predicted molar refractivity (Wildman–Crippen MR) is 102 cm³/mol. The molecule has 144 valence electrons. The molecule has 3 rings (SSSR count). The van der Waals surface area contributed by atoms with Gasteiger partial charge in [-0.2, -0.15) is 0 Å². The molecule has 1 aliphatic heterocycles. The van der Waals surface area contributed by atoms with Crippen molar-refractivity contribution in [3.8, 4) is 0 Å². The number of carbonyl (C=O) groups is 2. The van der Waals surface area contributed by atoms with E-state index in [1.54, 1.807) is 0 Å². The van der Waals surface area contributed by atoms with Crippen molar-refractivity contribution in [2.24, 2.45) is 28.1 Å². The second-order valence-corrected chi connectivity index (χ2v) is 9.68. The third-order valence-electron chi connectivity index (χ3n) is 6.71. The van der Waals surface area contributed by atoms with Crippen molar-refractivity contribution in [2.75, 3.05) is 26.2 Å². The van der Waals surface area contributed by atoms with Gasteiger partial charge in [-0.05, 0) is 48.5 Å². The zero-order valence-electron chi connectivity index (χ0n) is 16.0. The molecular formula is C19H34ClN3O2. The quantitative estimate of drug-likeness (QED) is 0.641. The van der Waals surface area contributed by atoms with Gasteiger partial charge in [-0.25, -0.2) is 0 Å². The van der Waals surface area contributed by atoms with Gasteiger partial charge in [0.15, 0.2) is 0 Å².